The van der Waals surface area contributed by atoms with Crippen LogP contribution in [0.1, 0.15) is 36.0 Å². The average molecular weight is 376 g/mol. The number of rotatable bonds is 5. The second-order valence-electron chi connectivity index (χ2n) is 7.40. The summed E-state index contributed by atoms with van der Waals surface area (Å²) >= 11 is 0. The smallest absolute Gasteiger partial charge is 0.257 e. The molecule has 0 saturated carbocycles. The van der Waals surface area contributed by atoms with E-state index in [2.05, 4.69) is 0 Å². The number of carbonyl (C=O) groups is 2. The molecule has 3 rings (SSSR count). The molecule has 2 heterocycles. The van der Waals surface area contributed by atoms with E-state index in [1.807, 2.05) is 4.90 Å². The van der Waals surface area contributed by atoms with Crippen molar-refractivity contribution < 1.29 is 24.2 Å². The molecule has 7 heteroatoms. The molecule has 0 radical (unpaired) electrons. The second kappa shape index (κ2) is 8.17. The number of benzene rings is 1. The van der Waals surface area contributed by atoms with Crippen LogP contribution in [0.15, 0.2) is 18.2 Å². The number of hydrogen-bond acceptors (Lipinski definition) is 5. The van der Waals surface area contributed by atoms with Crippen LogP contribution >= 0.6 is 0 Å². The molecule has 1 spiro atoms. The summed E-state index contributed by atoms with van der Waals surface area (Å²) in [6.45, 7) is 2.39. The van der Waals surface area contributed by atoms with Gasteiger partial charge in [0.1, 0.15) is 11.5 Å². The molecule has 2 saturated heterocycles. The van der Waals surface area contributed by atoms with E-state index in [0.717, 1.165) is 19.3 Å². The van der Waals surface area contributed by atoms with Gasteiger partial charge in [-0.05, 0) is 36.8 Å². The highest BCUT2D eigenvalue weighted by molar-refractivity contribution is 5.97. The third kappa shape index (κ3) is 4.03. The Kier molecular flexibility index (Phi) is 5.89. The number of nitrogens with zero attached hydrogens (tertiary/aromatic N) is 2. The Labute approximate surface area is 159 Å². The van der Waals surface area contributed by atoms with Gasteiger partial charge >= 0.3 is 0 Å². The highest BCUT2D eigenvalue weighted by Crippen LogP contribution is 2.40. The Bertz CT molecular complexity index is 698. The molecule has 7 nitrogen and oxygen atoms in total. The monoisotopic (exact) mass is 376 g/mol. The average Bonchev–Trinajstić information content (AvgIpc) is 2.70. The molecule has 2 aliphatic rings. The van der Waals surface area contributed by atoms with Crippen LogP contribution in [0.4, 0.5) is 0 Å². The Morgan fingerprint density at radius 3 is 2.56 bits per heavy atom. The summed E-state index contributed by atoms with van der Waals surface area (Å²) in [6, 6.07) is 5.23. The van der Waals surface area contributed by atoms with Crippen molar-refractivity contribution in [1.29, 1.82) is 0 Å². The summed E-state index contributed by atoms with van der Waals surface area (Å²) in [7, 11) is 3.13. The van der Waals surface area contributed by atoms with Crippen LogP contribution < -0.4 is 9.47 Å². The normalized spacial score (nSPS) is 19.3. The summed E-state index contributed by atoms with van der Waals surface area (Å²) in [4.78, 5) is 28.6. The van der Waals surface area contributed by atoms with Crippen molar-refractivity contribution in [3.63, 3.8) is 0 Å². The third-order valence-corrected chi connectivity index (χ3v) is 5.87. The lowest BCUT2D eigenvalue weighted by molar-refractivity contribution is -0.139. The van der Waals surface area contributed by atoms with E-state index in [9.17, 15) is 14.7 Å². The van der Waals surface area contributed by atoms with Gasteiger partial charge in [0.15, 0.2) is 0 Å². The van der Waals surface area contributed by atoms with E-state index >= 15 is 0 Å². The van der Waals surface area contributed by atoms with Gasteiger partial charge in [-0.3, -0.25) is 9.59 Å². The van der Waals surface area contributed by atoms with Crippen molar-refractivity contribution in [1.82, 2.24) is 9.80 Å². The zero-order chi connectivity index (χ0) is 19.4. The predicted octanol–water partition coefficient (Wildman–Crippen LogP) is 1.54. The Morgan fingerprint density at radius 2 is 1.93 bits per heavy atom. The van der Waals surface area contributed by atoms with Crippen molar-refractivity contribution in [2.45, 2.75) is 25.7 Å². The van der Waals surface area contributed by atoms with Crippen LogP contribution in [0, 0.1) is 5.41 Å². The van der Waals surface area contributed by atoms with Gasteiger partial charge in [0.2, 0.25) is 5.91 Å². The van der Waals surface area contributed by atoms with Crippen LogP contribution in [0.3, 0.4) is 0 Å². The highest BCUT2D eigenvalue weighted by Gasteiger charge is 2.41. The summed E-state index contributed by atoms with van der Waals surface area (Å²) in [5.74, 6) is 1.24. The fourth-order valence-corrected chi connectivity index (χ4v) is 4.16. The summed E-state index contributed by atoms with van der Waals surface area (Å²) < 4.78 is 10.6. The lowest BCUT2D eigenvalue weighted by atomic mass is 9.72. The maximum Gasteiger partial charge on any atom is 0.257 e. The van der Waals surface area contributed by atoms with Gasteiger partial charge in [-0.25, -0.2) is 0 Å². The van der Waals surface area contributed by atoms with Gasteiger partial charge in [0.25, 0.3) is 5.91 Å². The van der Waals surface area contributed by atoms with Crippen molar-refractivity contribution in [2.75, 3.05) is 47.0 Å². The molecule has 0 aromatic heterocycles. The van der Waals surface area contributed by atoms with E-state index in [1.165, 1.54) is 0 Å². The quantitative estimate of drug-likeness (QED) is 0.843. The molecule has 2 amide bonds. The highest BCUT2D eigenvalue weighted by atomic mass is 16.5. The molecule has 1 aromatic rings. The van der Waals surface area contributed by atoms with Crippen LogP contribution in [0.25, 0.3) is 0 Å². The largest absolute Gasteiger partial charge is 0.497 e. The number of hydrogen-bond donors (Lipinski definition) is 1. The van der Waals surface area contributed by atoms with Gasteiger partial charge in [0, 0.05) is 38.7 Å². The number of amides is 2. The van der Waals surface area contributed by atoms with Gasteiger partial charge in [-0.15, -0.1) is 0 Å². The maximum atomic E-state index is 13.0. The lowest BCUT2D eigenvalue weighted by Crippen LogP contribution is -2.52. The molecule has 1 N–H and O–H groups in total. The van der Waals surface area contributed by atoms with Gasteiger partial charge in [-0.2, -0.15) is 0 Å². The minimum absolute atomic E-state index is 0.0102. The molecule has 1 aromatic carbocycles. The number of aliphatic hydroxyl groups excluding tert-OH is 1. The number of piperidine rings is 2. The van der Waals surface area contributed by atoms with E-state index in [1.54, 1.807) is 37.3 Å². The molecule has 0 aliphatic carbocycles. The molecular weight excluding hydrogens is 348 g/mol. The van der Waals surface area contributed by atoms with Crippen LogP contribution in [-0.4, -0.2) is 73.7 Å². The predicted molar refractivity (Wildman–Crippen MR) is 100 cm³/mol. The molecule has 0 unspecified atom stereocenters. The molecular formula is C20H28N2O5. The van der Waals surface area contributed by atoms with Crippen molar-refractivity contribution in [2.24, 2.45) is 5.41 Å². The molecule has 148 valence electrons. The zero-order valence-electron chi connectivity index (χ0n) is 16.1. The summed E-state index contributed by atoms with van der Waals surface area (Å²) in [6.07, 6.45) is 3.13. The zero-order valence-corrected chi connectivity index (χ0v) is 16.1. The van der Waals surface area contributed by atoms with Crippen LogP contribution in [-0.2, 0) is 4.79 Å². The number of β-amino-alcohol motifs (C(OH)–C–C–N with tert-alkyl or cyclic N) is 1. The van der Waals surface area contributed by atoms with E-state index < -0.39 is 0 Å². The Morgan fingerprint density at radius 1 is 1.19 bits per heavy atom. The SMILES string of the molecule is COc1ccc(C(=O)N2CCC3(CCC(=O)N(CCO)C3)CC2)c(OC)c1. The number of methoxy groups -OCH3 is 2. The first-order valence-corrected chi connectivity index (χ1v) is 9.42. The molecule has 0 atom stereocenters. The van der Waals surface area contributed by atoms with Gasteiger partial charge < -0.3 is 24.4 Å². The number of aliphatic hydroxyl groups is 1. The fourth-order valence-electron chi connectivity index (χ4n) is 4.16. The van der Waals surface area contributed by atoms with Crippen molar-refractivity contribution in [3.8, 4) is 11.5 Å². The van der Waals surface area contributed by atoms with Crippen molar-refractivity contribution in [3.05, 3.63) is 23.8 Å². The number of ether oxygens (including phenoxy) is 2. The number of carbonyl (C=O) groups excluding carboxylic acids is 2. The minimum atomic E-state index is -0.0385. The summed E-state index contributed by atoms with van der Waals surface area (Å²) in [5, 5.41) is 9.18. The summed E-state index contributed by atoms with van der Waals surface area (Å²) in [5.41, 5.74) is 0.596. The molecule has 27 heavy (non-hydrogen) atoms. The molecule has 0 bridgehead atoms. The van der Waals surface area contributed by atoms with Gasteiger partial charge in [0.05, 0.1) is 26.4 Å². The first kappa shape index (κ1) is 19.5. The van der Waals surface area contributed by atoms with Crippen LogP contribution in [0.5, 0.6) is 11.5 Å². The maximum absolute atomic E-state index is 13.0. The lowest BCUT2D eigenvalue weighted by Gasteiger charge is -2.47. The standard InChI is InChI=1S/C20H28N2O5/c1-26-15-3-4-16(17(13-15)27-2)19(25)21-9-7-20(8-10-21)6-5-18(24)22(14-20)11-12-23/h3-4,13,23H,5-12,14H2,1-2H3. The van der Waals surface area contributed by atoms with E-state index in [4.69, 9.17) is 9.47 Å². The van der Waals surface area contributed by atoms with E-state index in [0.29, 0.717) is 49.7 Å². The van der Waals surface area contributed by atoms with Gasteiger partial charge in [-0.1, -0.05) is 0 Å². The van der Waals surface area contributed by atoms with E-state index in [-0.39, 0.29) is 23.8 Å². The molecule has 2 fully saturated rings. The topological polar surface area (TPSA) is 79.3 Å². The molecule has 2 aliphatic heterocycles. The van der Waals surface area contributed by atoms with Crippen LogP contribution in [0.2, 0.25) is 0 Å². The fraction of sp³-hybridized carbons (Fsp3) is 0.600. The second-order valence-corrected chi connectivity index (χ2v) is 7.40. The Hall–Kier alpha value is -2.28. The first-order valence-electron chi connectivity index (χ1n) is 9.42. The minimum Gasteiger partial charge on any atom is -0.497 e. The third-order valence-electron chi connectivity index (χ3n) is 5.87. The van der Waals surface area contributed by atoms with Crippen molar-refractivity contribution >= 4 is 11.8 Å². The number of likely N-dealkylation sites (tertiary alicyclic amines) is 2. The first-order chi connectivity index (χ1) is 13.0. The Balaban J connectivity index is 1.67.